The Morgan fingerprint density at radius 1 is 1.27 bits per heavy atom. The zero-order valence-electron chi connectivity index (χ0n) is 11.9. The quantitative estimate of drug-likeness (QED) is 0.844. The first-order valence-electron chi connectivity index (χ1n) is 6.51. The van der Waals surface area contributed by atoms with Gasteiger partial charge in [-0.05, 0) is 24.3 Å². The van der Waals surface area contributed by atoms with Gasteiger partial charge in [0.05, 0.1) is 0 Å². The van der Waals surface area contributed by atoms with Crippen LogP contribution in [-0.4, -0.2) is 31.3 Å². The molecule has 1 heterocycles. The van der Waals surface area contributed by atoms with E-state index in [4.69, 9.17) is 5.26 Å². The Balaban J connectivity index is 2.24. The molecule has 22 heavy (non-hydrogen) atoms. The van der Waals surface area contributed by atoms with Gasteiger partial charge in [-0.3, -0.25) is 4.98 Å². The summed E-state index contributed by atoms with van der Waals surface area (Å²) in [6.07, 6.45) is 2.05. The summed E-state index contributed by atoms with van der Waals surface area (Å²) in [7, 11) is -2.54. The molecule has 0 fully saturated rings. The maximum absolute atomic E-state index is 13.6. The zero-order chi connectivity index (χ0) is 16.2. The lowest BCUT2D eigenvalue weighted by Gasteiger charge is -2.17. The van der Waals surface area contributed by atoms with Crippen LogP contribution in [0.4, 0.5) is 4.39 Å². The molecule has 1 aromatic carbocycles. The number of pyridine rings is 1. The van der Waals surface area contributed by atoms with Crippen LogP contribution in [0, 0.1) is 17.1 Å². The van der Waals surface area contributed by atoms with Crippen LogP contribution in [0.1, 0.15) is 11.3 Å². The average molecular weight is 319 g/mol. The van der Waals surface area contributed by atoms with Crippen molar-refractivity contribution in [2.75, 3.05) is 13.6 Å². The summed E-state index contributed by atoms with van der Waals surface area (Å²) in [5, 5.41) is 8.97. The summed E-state index contributed by atoms with van der Waals surface area (Å²) in [6, 6.07) is 10.6. The van der Waals surface area contributed by atoms with Crippen LogP contribution in [0.25, 0.3) is 0 Å². The molecule has 0 unspecified atom stereocenters. The number of halogens is 1. The number of hydrogen-bond donors (Lipinski definition) is 0. The predicted octanol–water partition coefficient (Wildman–Crippen LogP) is 1.96. The molecule has 0 aliphatic rings. The van der Waals surface area contributed by atoms with Crippen molar-refractivity contribution in [1.82, 2.24) is 9.29 Å². The lowest BCUT2D eigenvalue weighted by molar-refractivity contribution is 0.470. The molecule has 0 aliphatic heterocycles. The molecule has 0 saturated heterocycles. The maximum atomic E-state index is 13.6. The number of likely N-dealkylation sites (N-methyl/N-ethyl adjacent to an activating group) is 1. The van der Waals surface area contributed by atoms with Crippen LogP contribution in [0.15, 0.2) is 47.5 Å². The van der Waals surface area contributed by atoms with Crippen molar-refractivity contribution in [1.29, 1.82) is 5.26 Å². The summed E-state index contributed by atoms with van der Waals surface area (Å²) in [5.41, 5.74) is 0.288. The Labute approximate surface area is 128 Å². The van der Waals surface area contributed by atoms with Gasteiger partial charge in [-0.1, -0.05) is 12.1 Å². The second kappa shape index (κ2) is 6.64. The fraction of sp³-hybridized carbons (Fsp3) is 0.200. The van der Waals surface area contributed by atoms with Gasteiger partial charge in [0, 0.05) is 31.9 Å². The molecule has 0 spiro atoms. The monoisotopic (exact) mass is 319 g/mol. The summed E-state index contributed by atoms with van der Waals surface area (Å²) >= 11 is 0. The molecule has 1 aromatic heterocycles. The van der Waals surface area contributed by atoms with E-state index in [-0.39, 0.29) is 11.4 Å². The molecule has 0 saturated carbocycles. The first kappa shape index (κ1) is 16.1. The third-order valence-electron chi connectivity index (χ3n) is 3.18. The van der Waals surface area contributed by atoms with Gasteiger partial charge in [-0.2, -0.15) is 5.26 Å². The molecule has 0 amide bonds. The molecule has 7 heteroatoms. The Morgan fingerprint density at radius 3 is 2.68 bits per heavy atom. The summed E-state index contributed by atoms with van der Waals surface area (Å²) in [6.45, 7) is 0.181. The molecule has 2 rings (SSSR count). The van der Waals surface area contributed by atoms with E-state index >= 15 is 0 Å². The number of hydrogen-bond acceptors (Lipinski definition) is 4. The molecule has 0 radical (unpaired) electrons. The van der Waals surface area contributed by atoms with E-state index in [1.54, 1.807) is 24.4 Å². The van der Waals surface area contributed by atoms with Crippen molar-refractivity contribution in [3.05, 3.63) is 59.7 Å². The molecule has 5 nitrogen and oxygen atoms in total. The number of nitriles is 1. The van der Waals surface area contributed by atoms with E-state index in [9.17, 15) is 12.8 Å². The van der Waals surface area contributed by atoms with Crippen molar-refractivity contribution in [2.24, 2.45) is 0 Å². The third-order valence-corrected chi connectivity index (χ3v) is 5.08. The highest BCUT2D eigenvalue weighted by atomic mass is 32.2. The van der Waals surface area contributed by atoms with Crippen LogP contribution < -0.4 is 0 Å². The number of sulfonamides is 1. The number of nitrogens with zero attached hydrogens (tertiary/aromatic N) is 3. The highest BCUT2D eigenvalue weighted by Crippen LogP contribution is 2.21. The fourth-order valence-corrected chi connectivity index (χ4v) is 3.25. The van der Waals surface area contributed by atoms with Gasteiger partial charge in [0.2, 0.25) is 10.0 Å². The molecule has 0 bridgehead atoms. The van der Waals surface area contributed by atoms with Crippen molar-refractivity contribution in [2.45, 2.75) is 11.3 Å². The van der Waals surface area contributed by atoms with Gasteiger partial charge in [0.15, 0.2) is 0 Å². The van der Waals surface area contributed by atoms with E-state index in [1.165, 1.54) is 19.2 Å². The van der Waals surface area contributed by atoms with Gasteiger partial charge in [-0.15, -0.1) is 0 Å². The summed E-state index contributed by atoms with van der Waals surface area (Å²) in [4.78, 5) is 3.80. The van der Waals surface area contributed by atoms with E-state index in [0.29, 0.717) is 6.42 Å². The smallest absolute Gasteiger partial charge is 0.244 e. The van der Waals surface area contributed by atoms with E-state index < -0.39 is 21.4 Å². The van der Waals surface area contributed by atoms with Crippen molar-refractivity contribution in [3.8, 4) is 6.07 Å². The normalized spacial score (nSPS) is 11.4. The van der Waals surface area contributed by atoms with E-state index in [0.717, 1.165) is 16.1 Å². The van der Waals surface area contributed by atoms with E-state index in [2.05, 4.69) is 4.98 Å². The summed E-state index contributed by atoms with van der Waals surface area (Å²) in [5.74, 6) is -0.846. The van der Waals surface area contributed by atoms with Crippen LogP contribution in [0.3, 0.4) is 0 Å². The summed E-state index contributed by atoms with van der Waals surface area (Å²) < 4.78 is 39.6. The lowest BCUT2D eigenvalue weighted by Crippen LogP contribution is -2.30. The number of aromatic nitrogens is 1. The first-order valence-corrected chi connectivity index (χ1v) is 7.95. The maximum Gasteiger partial charge on any atom is 0.244 e. The molecule has 0 N–H and O–H groups in total. The minimum Gasteiger partial charge on any atom is -0.261 e. The van der Waals surface area contributed by atoms with Gasteiger partial charge in [0.25, 0.3) is 0 Å². The Hall–Kier alpha value is -2.30. The van der Waals surface area contributed by atoms with Crippen molar-refractivity contribution < 1.29 is 12.8 Å². The Kier molecular flexibility index (Phi) is 4.85. The Morgan fingerprint density at radius 2 is 2.05 bits per heavy atom. The predicted molar refractivity (Wildman–Crippen MR) is 78.9 cm³/mol. The molecule has 114 valence electrons. The average Bonchev–Trinajstić information content (AvgIpc) is 2.53. The zero-order valence-corrected chi connectivity index (χ0v) is 12.7. The molecular weight excluding hydrogens is 305 g/mol. The molecule has 0 atom stereocenters. The SMILES string of the molecule is CN(CCc1ccccn1)S(=O)(=O)c1cccc(F)c1C#N. The number of rotatable bonds is 5. The van der Waals surface area contributed by atoms with Crippen molar-refractivity contribution in [3.63, 3.8) is 0 Å². The molecular formula is C15H14FN3O2S. The molecule has 0 aliphatic carbocycles. The molecule has 2 aromatic rings. The largest absolute Gasteiger partial charge is 0.261 e. The van der Waals surface area contributed by atoms with Crippen LogP contribution in [-0.2, 0) is 16.4 Å². The van der Waals surface area contributed by atoms with Crippen LogP contribution >= 0.6 is 0 Å². The van der Waals surface area contributed by atoms with Gasteiger partial charge >= 0.3 is 0 Å². The second-order valence-electron chi connectivity index (χ2n) is 4.62. The second-order valence-corrected chi connectivity index (χ2v) is 6.64. The standard InChI is InChI=1S/C15H14FN3O2S/c1-19(10-8-12-5-2-3-9-18-12)22(20,21)15-7-4-6-14(16)13(15)11-17/h2-7,9H,8,10H2,1H3. The Bertz CT molecular complexity index is 801. The van der Waals surface area contributed by atoms with Gasteiger partial charge in [-0.25, -0.2) is 17.1 Å². The van der Waals surface area contributed by atoms with Crippen LogP contribution in [0.2, 0.25) is 0 Å². The highest BCUT2D eigenvalue weighted by Gasteiger charge is 2.25. The van der Waals surface area contributed by atoms with Crippen LogP contribution in [0.5, 0.6) is 0 Å². The lowest BCUT2D eigenvalue weighted by atomic mass is 10.2. The minimum atomic E-state index is -3.93. The number of benzene rings is 1. The topological polar surface area (TPSA) is 74.1 Å². The highest BCUT2D eigenvalue weighted by molar-refractivity contribution is 7.89. The third kappa shape index (κ3) is 3.30. The minimum absolute atomic E-state index is 0.181. The van der Waals surface area contributed by atoms with E-state index in [1.807, 2.05) is 6.07 Å². The van der Waals surface area contributed by atoms with Gasteiger partial charge < -0.3 is 0 Å². The fourth-order valence-electron chi connectivity index (χ4n) is 1.93. The van der Waals surface area contributed by atoms with Gasteiger partial charge in [0.1, 0.15) is 22.3 Å². The van der Waals surface area contributed by atoms with Crippen molar-refractivity contribution >= 4 is 10.0 Å². The first-order chi connectivity index (χ1) is 10.5.